The Hall–Kier alpha value is -2.07. The number of aromatic carboxylic acids is 1. The number of thiophene rings is 1. The van der Waals surface area contributed by atoms with Gasteiger partial charge in [0, 0.05) is 27.7 Å². The molecule has 0 aliphatic heterocycles. The predicted octanol–water partition coefficient (Wildman–Crippen LogP) is 3.93. The van der Waals surface area contributed by atoms with Gasteiger partial charge >= 0.3 is 5.97 Å². The van der Waals surface area contributed by atoms with Gasteiger partial charge in [0.15, 0.2) is 0 Å². The Labute approximate surface area is 114 Å². The molecule has 3 heterocycles. The van der Waals surface area contributed by atoms with E-state index in [4.69, 9.17) is 0 Å². The van der Waals surface area contributed by atoms with Crippen LogP contribution in [0.2, 0.25) is 0 Å². The number of pyridine rings is 1. The van der Waals surface area contributed by atoms with Crippen molar-refractivity contribution in [2.45, 2.75) is 13.3 Å². The summed E-state index contributed by atoms with van der Waals surface area (Å²) in [7, 11) is 0. The third-order valence-corrected chi connectivity index (χ3v) is 4.44. The van der Waals surface area contributed by atoms with Crippen LogP contribution < -0.4 is 0 Å². The van der Waals surface area contributed by atoms with E-state index in [0.717, 1.165) is 22.4 Å². The molecule has 19 heavy (non-hydrogen) atoms. The molecular formula is C15H13NO2S. The molecule has 3 nitrogen and oxygen atoms in total. The van der Waals surface area contributed by atoms with E-state index in [2.05, 4.69) is 13.0 Å². The van der Waals surface area contributed by atoms with Crippen LogP contribution in [0.25, 0.3) is 16.0 Å². The minimum Gasteiger partial charge on any atom is -0.478 e. The number of fused-ring (bicyclic) bond motifs is 1. The van der Waals surface area contributed by atoms with Gasteiger partial charge < -0.3 is 9.51 Å². The number of rotatable bonds is 3. The molecule has 0 aromatic carbocycles. The van der Waals surface area contributed by atoms with E-state index in [-0.39, 0.29) is 0 Å². The largest absolute Gasteiger partial charge is 0.478 e. The summed E-state index contributed by atoms with van der Waals surface area (Å²) in [5.74, 6) is -0.879. The van der Waals surface area contributed by atoms with E-state index < -0.39 is 5.97 Å². The predicted molar refractivity (Wildman–Crippen MR) is 77.0 cm³/mol. The molecule has 0 aliphatic rings. The molecule has 0 bridgehead atoms. The highest BCUT2D eigenvalue weighted by molar-refractivity contribution is 7.15. The van der Waals surface area contributed by atoms with Gasteiger partial charge in [-0.25, -0.2) is 4.79 Å². The van der Waals surface area contributed by atoms with Gasteiger partial charge in [-0.05, 0) is 30.7 Å². The van der Waals surface area contributed by atoms with Gasteiger partial charge in [-0.2, -0.15) is 0 Å². The number of carboxylic acids is 1. The van der Waals surface area contributed by atoms with E-state index in [9.17, 15) is 9.90 Å². The van der Waals surface area contributed by atoms with Crippen molar-refractivity contribution in [1.82, 2.24) is 4.40 Å². The Morgan fingerprint density at radius 2 is 2.16 bits per heavy atom. The number of carbonyl (C=O) groups is 1. The van der Waals surface area contributed by atoms with Gasteiger partial charge in [0.05, 0.1) is 11.1 Å². The Morgan fingerprint density at radius 1 is 1.32 bits per heavy atom. The SMILES string of the molecule is CCc1ccc(-c2cn3ccccc3c2C(=O)O)s1. The molecule has 1 N–H and O–H groups in total. The molecule has 0 radical (unpaired) electrons. The van der Waals surface area contributed by atoms with Crippen molar-refractivity contribution in [2.75, 3.05) is 0 Å². The molecule has 0 saturated heterocycles. The second-order valence-corrected chi connectivity index (χ2v) is 5.50. The highest BCUT2D eigenvalue weighted by atomic mass is 32.1. The lowest BCUT2D eigenvalue weighted by Crippen LogP contribution is -1.97. The van der Waals surface area contributed by atoms with Gasteiger partial charge in [0.2, 0.25) is 0 Å². The molecule has 0 atom stereocenters. The van der Waals surface area contributed by atoms with E-state index in [1.54, 1.807) is 11.3 Å². The van der Waals surface area contributed by atoms with Crippen molar-refractivity contribution in [3.05, 3.63) is 53.2 Å². The lowest BCUT2D eigenvalue weighted by molar-refractivity contribution is 0.0700. The molecule has 0 aliphatic carbocycles. The maximum atomic E-state index is 11.5. The molecule has 0 saturated carbocycles. The van der Waals surface area contributed by atoms with Crippen molar-refractivity contribution in [1.29, 1.82) is 0 Å². The first-order chi connectivity index (χ1) is 9.20. The standard InChI is InChI=1S/C15H13NO2S/c1-2-10-6-7-13(19-10)11-9-16-8-4-3-5-12(16)14(11)15(17)18/h3-9H,2H2,1H3,(H,17,18). The molecule has 0 spiro atoms. The fourth-order valence-electron chi connectivity index (χ4n) is 2.25. The molecule has 3 rings (SSSR count). The zero-order valence-electron chi connectivity index (χ0n) is 10.5. The number of aryl methyl sites for hydroxylation is 1. The lowest BCUT2D eigenvalue weighted by atomic mass is 10.1. The van der Waals surface area contributed by atoms with Crippen LogP contribution in [0.5, 0.6) is 0 Å². The average Bonchev–Trinajstić information content (AvgIpc) is 3.02. The maximum Gasteiger partial charge on any atom is 0.338 e. The fourth-order valence-corrected chi connectivity index (χ4v) is 3.21. The molecule has 0 fully saturated rings. The summed E-state index contributed by atoms with van der Waals surface area (Å²) in [6, 6.07) is 9.66. The number of hydrogen-bond donors (Lipinski definition) is 1. The van der Waals surface area contributed by atoms with Gasteiger partial charge in [-0.3, -0.25) is 0 Å². The van der Waals surface area contributed by atoms with Crippen molar-refractivity contribution in [3.63, 3.8) is 0 Å². The number of nitrogens with zero attached hydrogens (tertiary/aromatic N) is 1. The molecule has 96 valence electrons. The van der Waals surface area contributed by atoms with E-state index in [0.29, 0.717) is 5.56 Å². The summed E-state index contributed by atoms with van der Waals surface area (Å²) in [5, 5.41) is 9.47. The van der Waals surface area contributed by atoms with Crippen molar-refractivity contribution in [3.8, 4) is 10.4 Å². The van der Waals surface area contributed by atoms with Crippen LogP contribution >= 0.6 is 11.3 Å². The third kappa shape index (κ3) is 1.94. The Bertz CT molecular complexity index is 754. The lowest BCUT2D eigenvalue weighted by Gasteiger charge is -1.97. The maximum absolute atomic E-state index is 11.5. The summed E-state index contributed by atoms with van der Waals surface area (Å²) in [4.78, 5) is 13.8. The van der Waals surface area contributed by atoms with E-state index in [1.165, 1.54) is 4.88 Å². The molecule has 3 aromatic heterocycles. The molecular weight excluding hydrogens is 258 g/mol. The first kappa shape index (κ1) is 12.0. The molecule has 4 heteroatoms. The quantitative estimate of drug-likeness (QED) is 0.784. The summed E-state index contributed by atoms with van der Waals surface area (Å²) in [6.45, 7) is 2.10. The average molecular weight is 271 g/mol. The van der Waals surface area contributed by atoms with Crippen LogP contribution in [-0.2, 0) is 6.42 Å². The number of hydrogen-bond acceptors (Lipinski definition) is 2. The normalized spacial score (nSPS) is 11.0. The molecule has 3 aromatic rings. The first-order valence-corrected chi connectivity index (χ1v) is 6.94. The van der Waals surface area contributed by atoms with Gasteiger partial charge in [-0.1, -0.05) is 13.0 Å². The van der Waals surface area contributed by atoms with E-state index >= 15 is 0 Å². The van der Waals surface area contributed by atoms with Crippen LogP contribution in [0.15, 0.2) is 42.7 Å². The summed E-state index contributed by atoms with van der Waals surface area (Å²) >= 11 is 1.66. The number of carboxylic acid groups (broad SMARTS) is 1. The van der Waals surface area contributed by atoms with E-state index in [1.807, 2.05) is 41.1 Å². The smallest absolute Gasteiger partial charge is 0.338 e. The van der Waals surface area contributed by atoms with Crippen LogP contribution in [0.4, 0.5) is 0 Å². The van der Waals surface area contributed by atoms with Gasteiger partial charge in [-0.15, -0.1) is 11.3 Å². The zero-order chi connectivity index (χ0) is 13.4. The second-order valence-electron chi connectivity index (χ2n) is 4.34. The van der Waals surface area contributed by atoms with Crippen molar-refractivity contribution >= 4 is 22.8 Å². The molecule has 0 unspecified atom stereocenters. The highest BCUT2D eigenvalue weighted by Gasteiger charge is 2.19. The topological polar surface area (TPSA) is 41.7 Å². The molecule has 0 amide bonds. The second kappa shape index (κ2) is 4.55. The Balaban J connectivity index is 2.27. The Morgan fingerprint density at radius 3 is 2.84 bits per heavy atom. The van der Waals surface area contributed by atoms with Crippen molar-refractivity contribution in [2.24, 2.45) is 0 Å². The van der Waals surface area contributed by atoms with Gasteiger partial charge in [0.25, 0.3) is 0 Å². The zero-order valence-corrected chi connectivity index (χ0v) is 11.3. The highest BCUT2D eigenvalue weighted by Crippen LogP contribution is 2.34. The summed E-state index contributed by atoms with van der Waals surface area (Å²) < 4.78 is 1.87. The summed E-state index contributed by atoms with van der Waals surface area (Å²) in [5.41, 5.74) is 1.91. The third-order valence-electron chi connectivity index (χ3n) is 3.17. The number of aromatic nitrogens is 1. The van der Waals surface area contributed by atoms with Crippen LogP contribution in [-0.4, -0.2) is 15.5 Å². The Kier molecular flexibility index (Phi) is 2.87. The summed E-state index contributed by atoms with van der Waals surface area (Å²) in [6.07, 6.45) is 4.74. The van der Waals surface area contributed by atoms with Gasteiger partial charge in [0.1, 0.15) is 0 Å². The minimum atomic E-state index is -0.879. The first-order valence-electron chi connectivity index (χ1n) is 6.12. The monoisotopic (exact) mass is 271 g/mol. The van der Waals surface area contributed by atoms with Crippen LogP contribution in [0.1, 0.15) is 22.2 Å². The van der Waals surface area contributed by atoms with Crippen molar-refractivity contribution < 1.29 is 9.90 Å². The van der Waals surface area contributed by atoms with Crippen LogP contribution in [0, 0.1) is 0 Å². The van der Waals surface area contributed by atoms with Crippen LogP contribution in [0.3, 0.4) is 0 Å². The fraction of sp³-hybridized carbons (Fsp3) is 0.133. The minimum absolute atomic E-state index is 0.380.